The Balaban J connectivity index is 1.85. The predicted octanol–water partition coefficient (Wildman–Crippen LogP) is 3.09. The van der Waals surface area contributed by atoms with E-state index in [2.05, 4.69) is 4.99 Å². The molecule has 1 aromatic heterocycles. The minimum atomic E-state index is -0.693. The normalized spacial score (nSPS) is 15.6. The van der Waals surface area contributed by atoms with E-state index in [1.165, 1.54) is 18.4 Å². The van der Waals surface area contributed by atoms with Crippen molar-refractivity contribution >= 4 is 35.0 Å². The van der Waals surface area contributed by atoms with Gasteiger partial charge in [-0.3, -0.25) is 9.36 Å². The number of methoxy groups -OCH3 is 2. The minimum absolute atomic E-state index is 0.0986. The van der Waals surface area contributed by atoms with Crippen LogP contribution in [0.5, 0.6) is 5.75 Å². The number of halogens is 1. The van der Waals surface area contributed by atoms with Gasteiger partial charge in [0.2, 0.25) is 0 Å². The molecule has 7 nitrogen and oxygen atoms in total. The van der Waals surface area contributed by atoms with Crippen molar-refractivity contribution < 1.29 is 19.0 Å². The molecule has 2 heterocycles. The Labute approximate surface area is 205 Å². The number of hydrogen-bond acceptors (Lipinski definition) is 7. The van der Waals surface area contributed by atoms with Crippen LogP contribution in [-0.2, 0) is 14.3 Å². The summed E-state index contributed by atoms with van der Waals surface area (Å²) in [7, 11) is 3.13. The van der Waals surface area contributed by atoms with E-state index < -0.39 is 12.0 Å². The predicted molar refractivity (Wildman–Crippen MR) is 131 cm³/mol. The van der Waals surface area contributed by atoms with Crippen LogP contribution in [0.3, 0.4) is 0 Å². The van der Waals surface area contributed by atoms with E-state index in [-0.39, 0.29) is 18.8 Å². The lowest BCUT2D eigenvalue weighted by molar-refractivity contribution is -0.140. The summed E-state index contributed by atoms with van der Waals surface area (Å²) in [6, 6.07) is 13.8. The number of benzene rings is 2. The van der Waals surface area contributed by atoms with Gasteiger partial charge in [-0.05, 0) is 48.4 Å². The third-order valence-corrected chi connectivity index (χ3v) is 6.60. The van der Waals surface area contributed by atoms with Gasteiger partial charge in [-0.1, -0.05) is 47.2 Å². The molecule has 1 aliphatic rings. The zero-order valence-electron chi connectivity index (χ0n) is 18.9. The van der Waals surface area contributed by atoms with E-state index in [9.17, 15) is 9.59 Å². The molecular formula is C25H23ClN2O5S. The lowest BCUT2D eigenvalue weighted by atomic mass is 9.96. The van der Waals surface area contributed by atoms with E-state index in [4.69, 9.17) is 25.8 Å². The zero-order chi connectivity index (χ0) is 24.2. The number of carbonyl (C=O) groups excluding carboxylic acids is 1. The number of hydrogen-bond donors (Lipinski definition) is 0. The van der Waals surface area contributed by atoms with Gasteiger partial charge in [0.05, 0.1) is 35.6 Å². The monoisotopic (exact) mass is 498 g/mol. The van der Waals surface area contributed by atoms with Crippen molar-refractivity contribution in [1.82, 2.24) is 4.57 Å². The summed E-state index contributed by atoms with van der Waals surface area (Å²) in [4.78, 5) is 31.7. The summed E-state index contributed by atoms with van der Waals surface area (Å²) >= 11 is 7.37. The van der Waals surface area contributed by atoms with Crippen LogP contribution < -0.4 is 19.6 Å². The highest BCUT2D eigenvalue weighted by molar-refractivity contribution is 7.07. The van der Waals surface area contributed by atoms with Gasteiger partial charge in [0.15, 0.2) is 4.80 Å². The summed E-state index contributed by atoms with van der Waals surface area (Å²) in [6.07, 6.45) is 1.80. The van der Waals surface area contributed by atoms with E-state index in [1.54, 1.807) is 48.9 Å². The first-order valence-electron chi connectivity index (χ1n) is 10.5. The maximum absolute atomic E-state index is 13.6. The van der Waals surface area contributed by atoms with E-state index in [0.717, 1.165) is 16.9 Å². The number of aromatic nitrogens is 1. The third kappa shape index (κ3) is 4.84. The maximum atomic E-state index is 13.6. The van der Waals surface area contributed by atoms with Gasteiger partial charge in [-0.25, -0.2) is 9.79 Å². The molecule has 0 N–H and O–H groups in total. The molecule has 2 aromatic carbocycles. The second-order valence-electron chi connectivity index (χ2n) is 7.54. The Bertz CT molecular complexity index is 1410. The molecule has 1 aliphatic heterocycles. The Morgan fingerprint density at radius 2 is 1.82 bits per heavy atom. The lowest BCUT2D eigenvalue weighted by Gasteiger charge is -2.24. The van der Waals surface area contributed by atoms with Crippen molar-refractivity contribution in [2.24, 2.45) is 4.99 Å². The van der Waals surface area contributed by atoms with Gasteiger partial charge in [-0.15, -0.1) is 0 Å². The van der Waals surface area contributed by atoms with Crippen LogP contribution >= 0.6 is 22.9 Å². The van der Waals surface area contributed by atoms with Gasteiger partial charge in [0.1, 0.15) is 12.4 Å². The van der Waals surface area contributed by atoms with Crippen molar-refractivity contribution in [2.45, 2.75) is 13.0 Å². The van der Waals surface area contributed by atoms with Crippen LogP contribution in [0.4, 0.5) is 0 Å². The maximum Gasteiger partial charge on any atom is 0.338 e. The Morgan fingerprint density at radius 3 is 2.47 bits per heavy atom. The van der Waals surface area contributed by atoms with Gasteiger partial charge in [-0.2, -0.15) is 0 Å². The smallest absolute Gasteiger partial charge is 0.338 e. The second kappa shape index (κ2) is 10.4. The molecular weight excluding hydrogens is 476 g/mol. The van der Waals surface area contributed by atoms with Crippen molar-refractivity contribution in [3.63, 3.8) is 0 Å². The quantitative estimate of drug-likeness (QED) is 0.369. The molecule has 4 rings (SSSR count). The number of rotatable bonds is 7. The third-order valence-electron chi connectivity index (χ3n) is 5.36. The largest absolute Gasteiger partial charge is 0.497 e. The Morgan fingerprint density at radius 1 is 1.12 bits per heavy atom. The first-order chi connectivity index (χ1) is 16.4. The summed E-state index contributed by atoms with van der Waals surface area (Å²) in [6.45, 7) is 2.11. The van der Waals surface area contributed by atoms with Gasteiger partial charge < -0.3 is 14.2 Å². The van der Waals surface area contributed by atoms with E-state index >= 15 is 0 Å². The first-order valence-corrected chi connectivity index (χ1v) is 11.7. The van der Waals surface area contributed by atoms with Crippen LogP contribution in [0.1, 0.15) is 24.1 Å². The number of allylic oxidation sites excluding steroid dienone is 1. The molecule has 0 fully saturated rings. The zero-order valence-corrected chi connectivity index (χ0v) is 20.5. The fourth-order valence-corrected chi connectivity index (χ4v) is 4.86. The summed E-state index contributed by atoms with van der Waals surface area (Å²) < 4.78 is 17.6. The van der Waals surface area contributed by atoms with Gasteiger partial charge >= 0.3 is 5.97 Å². The van der Waals surface area contributed by atoms with Crippen LogP contribution in [-0.4, -0.2) is 38.0 Å². The molecule has 0 unspecified atom stereocenters. The topological polar surface area (TPSA) is 79.1 Å². The Kier molecular flexibility index (Phi) is 7.31. The number of carbonyl (C=O) groups is 1. The number of esters is 1. The molecule has 0 radical (unpaired) electrons. The average molecular weight is 499 g/mol. The van der Waals surface area contributed by atoms with E-state index in [0.29, 0.717) is 25.6 Å². The molecule has 34 heavy (non-hydrogen) atoms. The lowest BCUT2D eigenvalue weighted by Crippen LogP contribution is -2.40. The molecule has 0 saturated heterocycles. The van der Waals surface area contributed by atoms with Crippen LogP contribution in [0.2, 0.25) is 5.02 Å². The fourth-order valence-electron chi connectivity index (χ4n) is 3.69. The van der Waals surface area contributed by atoms with E-state index in [1.807, 2.05) is 24.3 Å². The van der Waals surface area contributed by atoms with Gasteiger partial charge in [0.25, 0.3) is 5.56 Å². The summed E-state index contributed by atoms with van der Waals surface area (Å²) in [5.74, 6) is 0.191. The molecule has 3 aromatic rings. The molecule has 0 amide bonds. The number of fused-ring (bicyclic) bond motifs is 1. The van der Waals surface area contributed by atoms with Crippen LogP contribution in [0.15, 0.2) is 69.6 Å². The molecule has 0 spiro atoms. The number of ether oxygens (including phenoxy) is 3. The summed E-state index contributed by atoms with van der Waals surface area (Å²) in [5.41, 5.74) is 2.15. The second-order valence-corrected chi connectivity index (χ2v) is 8.98. The highest BCUT2D eigenvalue weighted by Gasteiger charge is 2.33. The van der Waals surface area contributed by atoms with Crippen molar-refractivity contribution in [2.75, 3.05) is 27.4 Å². The first kappa shape index (κ1) is 23.9. The standard InChI is InChI=1S/C25H23ClN2O5S/c1-15-21(24(30)33-13-12-31-2)22(17-6-8-18(26)9-7-17)28-23(29)20(34-25(28)27-15)14-16-4-10-19(32-3)11-5-16/h4-11,14,22H,12-13H2,1-3H3/b20-14-/t22-/m1/s1. The Hall–Kier alpha value is -3.20. The van der Waals surface area contributed by atoms with Crippen molar-refractivity contribution in [3.8, 4) is 5.75 Å². The summed E-state index contributed by atoms with van der Waals surface area (Å²) in [5, 5.41) is 0.556. The minimum Gasteiger partial charge on any atom is -0.497 e. The van der Waals surface area contributed by atoms with Gasteiger partial charge in [0, 0.05) is 12.1 Å². The molecule has 0 aliphatic carbocycles. The molecule has 1 atom stereocenters. The SMILES string of the molecule is COCCOC(=O)C1=C(C)N=c2s/c(=C\c3ccc(OC)cc3)c(=O)n2[C@@H]1c1ccc(Cl)cc1. The number of thiazole rings is 1. The fraction of sp³-hybridized carbons (Fsp3) is 0.240. The van der Waals surface area contributed by atoms with Crippen molar-refractivity contribution in [3.05, 3.63) is 95.6 Å². The molecule has 0 saturated carbocycles. The highest BCUT2D eigenvalue weighted by Crippen LogP contribution is 2.31. The van der Waals surface area contributed by atoms with Crippen LogP contribution in [0, 0.1) is 0 Å². The highest BCUT2D eigenvalue weighted by atomic mass is 35.5. The van der Waals surface area contributed by atoms with Crippen LogP contribution in [0.25, 0.3) is 6.08 Å². The average Bonchev–Trinajstić information content (AvgIpc) is 3.13. The molecule has 176 valence electrons. The molecule has 9 heteroatoms. The van der Waals surface area contributed by atoms with Crippen molar-refractivity contribution in [1.29, 1.82) is 0 Å². The molecule has 0 bridgehead atoms. The number of nitrogens with zero attached hydrogens (tertiary/aromatic N) is 2.